The van der Waals surface area contributed by atoms with E-state index in [1.165, 1.54) is 16.7 Å². The molecular weight excluding hydrogens is 398 g/mol. The summed E-state index contributed by atoms with van der Waals surface area (Å²) in [4.78, 5) is 13.1. The summed E-state index contributed by atoms with van der Waals surface area (Å²) in [6, 6.07) is 25.7. The molecule has 0 aliphatic heterocycles. The van der Waals surface area contributed by atoms with E-state index in [0.717, 1.165) is 29.1 Å². The second kappa shape index (κ2) is 9.52. The normalized spacial score (nSPS) is 10.7. The van der Waals surface area contributed by atoms with Crippen molar-refractivity contribution in [2.24, 2.45) is 0 Å². The lowest BCUT2D eigenvalue weighted by Crippen LogP contribution is -2.27. The summed E-state index contributed by atoms with van der Waals surface area (Å²) < 4.78 is 6.96. The van der Waals surface area contributed by atoms with Crippen LogP contribution in [0, 0.1) is 13.8 Å². The lowest BCUT2D eigenvalue weighted by molar-refractivity contribution is 0.0946. The molecular formula is C27H27N3O2. The quantitative estimate of drug-likeness (QED) is 0.446. The van der Waals surface area contributed by atoms with E-state index in [1.807, 2.05) is 54.6 Å². The Balaban J connectivity index is 1.64. The van der Waals surface area contributed by atoms with Crippen LogP contribution in [0.2, 0.25) is 0 Å². The number of methoxy groups -OCH3 is 1. The van der Waals surface area contributed by atoms with E-state index in [-0.39, 0.29) is 5.91 Å². The van der Waals surface area contributed by atoms with E-state index in [0.29, 0.717) is 12.2 Å². The highest BCUT2D eigenvalue weighted by molar-refractivity contribution is 5.94. The number of nitrogens with zero attached hydrogens (tertiary/aromatic N) is 2. The third kappa shape index (κ3) is 4.72. The molecule has 3 aromatic carbocycles. The Morgan fingerprint density at radius 3 is 2.38 bits per heavy atom. The molecule has 4 rings (SSSR count). The Labute approximate surface area is 188 Å². The standard InChI is InChI=1S/C27H27N3O2/c1-19-9-10-22(17-20(19)2)25-18-26(27(31)28-16-15-21-7-5-4-6-8-21)30(29-25)23-11-13-24(32-3)14-12-23/h4-14,17-18H,15-16H2,1-3H3,(H,28,31). The Bertz CT molecular complexity index is 1210. The molecule has 0 radical (unpaired) electrons. The molecule has 0 fully saturated rings. The Hall–Kier alpha value is -3.86. The van der Waals surface area contributed by atoms with Gasteiger partial charge in [0.25, 0.3) is 5.91 Å². The molecule has 0 aliphatic rings. The van der Waals surface area contributed by atoms with Crippen molar-refractivity contribution in [1.82, 2.24) is 15.1 Å². The summed E-state index contributed by atoms with van der Waals surface area (Å²) in [7, 11) is 1.63. The van der Waals surface area contributed by atoms with E-state index in [1.54, 1.807) is 11.8 Å². The van der Waals surface area contributed by atoms with Crippen LogP contribution < -0.4 is 10.1 Å². The first-order chi connectivity index (χ1) is 15.5. The molecule has 0 bridgehead atoms. The smallest absolute Gasteiger partial charge is 0.270 e. The molecule has 1 heterocycles. The Morgan fingerprint density at radius 2 is 1.69 bits per heavy atom. The maximum Gasteiger partial charge on any atom is 0.270 e. The highest BCUT2D eigenvalue weighted by Gasteiger charge is 2.18. The molecule has 162 valence electrons. The van der Waals surface area contributed by atoms with E-state index in [2.05, 4.69) is 43.4 Å². The number of aryl methyl sites for hydroxylation is 2. The lowest BCUT2D eigenvalue weighted by atomic mass is 10.0. The van der Waals surface area contributed by atoms with Gasteiger partial charge in [-0.15, -0.1) is 0 Å². The highest BCUT2D eigenvalue weighted by atomic mass is 16.5. The fraction of sp³-hybridized carbons (Fsp3) is 0.185. The number of ether oxygens (including phenoxy) is 1. The molecule has 1 aromatic heterocycles. The first-order valence-corrected chi connectivity index (χ1v) is 10.7. The number of hydrogen-bond donors (Lipinski definition) is 1. The first-order valence-electron chi connectivity index (χ1n) is 10.7. The van der Waals surface area contributed by atoms with Gasteiger partial charge in [0, 0.05) is 12.1 Å². The van der Waals surface area contributed by atoms with Crippen LogP contribution >= 0.6 is 0 Å². The molecule has 1 N–H and O–H groups in total. The zero-order valence-corrected chi connectivity index (χ0v) is 18.6. The molecule has 5 nitrogen and oxygen atoms in total. The summed E-state index contributed by atoms with van der Waals surface area (Å²) in [5.74, 6) is 0.600. The van der Waals surface area contributed by atoms with Gasteiger partial charge in [-0.3, -0.25) is 4.79 Å². The average molecular weight is 426 g/mol. The SMILES string of the molecule is COc1ccc(-n2nc(-c3ccc(C)c(C)c3)cc2C(=O)NCCc2ccccc2)cc1. The number of carbonyl (C=O) groups excluding carboxylic acids is 1. The van der Waals surface area contributed by atoms with Gasteiger partial charge >= 0.3 is 0 Å². The minimum atomic E-state index is -0.153. The van der Waals surface area contributed by atoms with Gasteiger partial charge in [-0.2, -0.15) is 5.10 Å². The van der Waals surface area contributed by atoms with Gasteiger partial charge < -0.3 is 10.1 Å². The lowest BCUT2D eigenvalue weighted by Gasteiger charge is -2.09. The van der Waals surface area contributed by atoms with Crippen molar-refractivity contribution in [3.05, 3.63) is 101 Å². The zero-order valence-electron chi connectivity index (χ0n) is 18.6. The van der Waals surface area contributed by atoms with E-state index in [4.69, 9.17) is 9.84 Å². The van der Waals surface area contributed by atoms with E-state index >= 15 is 0 Å². The van der Waals surface area contributed by atoms with Crippen molar-refractivity contribution in [1.29, 1.82) is 0 Å². The Morgan fingerprint density at radius 1 is 0.938 bits per heavy atom. The van der Waals surface area contributed by atoms with Crippen LogP contribution in [-0.4, -0.2) is 29.3 Å². The summed E-state index contributed by atoms with van der Waals surface area (Å²) in [6.07, 6.45) is 0.771. The van der Waals surface area contributed by atoms with Crippen molar-refractivity contribution in [3.63, 3.8) is 0 Å². The van der Waals surface area contributed by atoms with E-state index in [9.17, 15) is 4.79 Å². The third-order valence-electron chi connectivity index (χ3n) is 5.60. The number of hydrogen-bond acceptors (Lipinski definition) is 3. The molecule has 5 heteroatoms. The van der Waals surface area contributed by atoms with Gasteiger partial charge in [0.2, 0.25) is 0 Å². The second-order valence-corrected chi connectivity index (χ2v) is 7.82. The first kappa shape index (κ1) is 21.4. The molecule has 4 aromatic rings. The molecule has 0 aliphatic carbocycles. The van der Waals surface area contributed by atoms with Gasteiger partial charge in [-0.25, -0.2) is 4.68 Å². The number of aromatic nitrogens is 2. The van der Waals surface area contributed by atoms with Crippen molar-refractivity contribution in [3.8, 4) is 22.7 Å². The van der Waals surface area contributed by atoms with Crippen LogP contribution in [0.3, 0.4) is 0 Å². The predicted molar refractivity (Wildman–Crippen MR) is 128 cm³/mol. The monoisotopic (exact) mass is 425 g/mol. The summed E-state index contributed by atoms with van der Waals surface area (Å²) >= 11 is 0. The maximum atomic E-state index is 13.1. The van der Waals surface area contributed by atoms with Crippen LogP contribution in [0.1, 0.15) is 27.2 Å². The van der Waals surface area contributed by atoms with Gasteiger partial charge in [0.05, 0.1) is 18.5 Å². The third-order valence-corrected chi connectivity index (χ3v) is 5.60. The molecule has 0 unspecified atom stereocenters. The fourth-order valence-corrected chi connectivity index (χ4v) is 3.56. The van der Waals surface area contributed by atoms with Crippen LogP contribution in [0.25, 0.3) is 16.9 Å². The number of nitrogens with one attached hydrogen (secondary N) is 1. The number of amides is 1. The second-order valence-electron chi connectivity index (χ2n) is 7.82. The number of benzene rings is 3. The van der Waals surface area contributed by atoms with Crippen molar-refractivity contribution < 1.29 is 9.53 Å². The molecule has 1 amide bonds. The number of rotatable bonds is 7. The van der Waals surface area contributed by atoms with Crippen LogP contribution in [0.5, 0.6) is 5.75 Å². The van der Waals surface area contributed by atoms with Crippen molar-refractivity contribution in [2.45, 2.75) is 20.3 Å². The van der Waals surface area contributed by atoms with Crippen molar-refractivity contribution >= 4 is 5.91 Å². The van der Waals surface area contributed by atoms with Crippen LogP contribution in [0.4, 0.5) is 0 Å². The summed E-state index contributed by atoms with van der Waals surface area (Å²) in [5, 5.41) is 7.82. The fourth-order valence-electron chi connectivity index (χ4n) is 3.56. The topological polar surface area (TPSA) is 56.2 Å². The molecule has 0 atom stereocenters. The van der Waals surface area contributed by atoms with Gasteiger partial charge in [-0.1, -0.05) is 42.5 Å². The molecule has 0 spiro atoms. The molecule has 0 saturated heterocycles. The predicted octanol–water partition coefficient (Wildman–Crippen LogP) is 5.14. The van der Waals surface area contributed by atoms with Crippen LogP contribution in [0.15, 0.2) is 78.9 Å². The van der Waals surface area contributed by atoms with Crippen molar-refractivity contribution in [2.75, 3.05) is 13.7 Å². The van der Waals surface area contributed by atoms with Gasteiger partial charge in [-0.05, 0) is 73.4 Å². The van der Waals surface area contributed by atoms with Crippen LogP contribution in [-0.2, 0) is 6.42 Å². The maximum absolute atomic E-state index is 13.1. The minimum Gasteiger partial charge on any atom is -0.497 e. The Kier molecular flexibility index (Phi) is 6.36. The highest BCUT2D eigenvalue weighted by Crippen LogP contribution is 2.25. The minimum absolute atomic E-state index is 0.153. The largest absolute Gasteiger partial charge is 0.497 e. The molecule has 0 saturated carbocycles. The average Bonchev–Trinajstić information content (AvgIpc) is 3.27. The summed E-state index contributed by atoms with van der Waals surface area (Å²) in [5.41, 5.74) is 6.64. The van der Waals surface area contributed by atoms with Gasteiger partial charge in [0.1, 0.15) is 11.4 Å². The molecule has 32 heavy (non-hydrogen) atoms. The zero-order chi connectivity index (χ0) is 22.5. The van der Waals surface area contributed by atoms with Gasteiger partial charge in [0.15, 0.2) is 0 Å². The van der Waals surface area contributed by atoms with E-state index < -0.39 is 0 Å². The summed E-state index contributed by atoms with van der Waals surface area (Å²) in [6.45, 7) is 4.72. The number of carbonyl (C=O) groups is 1.